The second kappa shape index (κ2) is 5.85. The maximum atomic E-state index is 12.4. The molecule has 0 saturated carbocycles. The fourth-order valence-electron chi connectivity index (χ4n) is 2.20. The Hall–Kier alpha value is -2.27. The molecule has 1 saturated heterocycles. The molecule has 0 aliphatic carbocycles. The monoisotopic (exact) mass is 312 g/mol. The van der Waals surface area contributed by atoms with Gasteiger partial charge in [0.25, 0.3) is 5.91 Å². The molecular weight excluding hydrogens is 296 g/mol. The molecule has 3 rings (SSSR count). The van der Waals surface area contributed by atoms with Crippen molar-refractivity contribution in [3.63, 3.8) is 0 Å². The van der Waals surface area contributed by atoms with E-state index in [2.05, 4.69) is 4.99 Å². The Morgan fingerprint density at radius 1 is 1.23 bits per heavy atom. The van der Waals surface area contributed by atoms with E-state index in [1.165, 1.54) is 11.8 Å². The Labute approximate surface area is 133 Å². The van der Waals surface area contributed by atoms with Crippen LogP contribution in [0, 0.1) is 13.8 Å². The van der Waals surface area contributed by atoms with Crippen LogP contribution in [-0.2, 0) is 4.79 Å². The Morgan fingerprint density at radius 3 is 2.59 bits per heavy atom. The van der Waals surface area contributed by atoms with Gasteiger partial charge >= 0.3 is 0 Å². The minimum absolute atomic E-state index is 0.0436. The molecule has 0 N–H and O–H groups in total. The molecule has 1 aromatic heterocycles. The van der Waals surface area contributed by atoms with E-state index in [9.17, 15) is 4.79 Å². The molecular formula is C17H16N2O2S. The number of amides is 1. The van der Waals surface area contributed by atoms with Crippen LogP contribution < -0.4 is 0 Å². The van der Waals surface area contributed by atoms with Crippen LogP contribution in [0.2, 0.25) is 0 Å². The smallest absolute Gasteiger partial charge is 0.266 e. The quantitative estimate of drug-likeness (QED) is 0.783. The summed E-state index contributed by atoms with van der Waals surface area (Å²) in [4.78, 5) is 19.1. The normalized spacial score (nSPS) is 18.7. The van der Waals surface area contributed by atoms with Crippen LogP contribution in [0.25, 0.3) is 6.08 Å². The van der Waals surface area contributed by atoms with E-state index in [-0.39, 0.29) is 5.91 Å². The van der Waals surface area contributed by atoms with Crippen molar-refractivity contribution in [3.8, 4) is 0 Å². The summed E-state index contributed by atoms with van der Waals surface area (Å²) in [6, 6.07) is 11.6. The van der Waals surface area contributed by atoms with Gasteiger partial charge in [0.1, 0.15) is 11.5 Å². The zero-order chi connectivity index (χ0) is 15.7. The Kier molecular flexibility index (Phi) is 3.90. The van der Waals surface area contributed by atoms with Gasteiger partial charge in [-0.25, -0.2) is 4.99 Å². The summed E-state index contributed by atoms with van der Waals surface area (Å²) in [6.45, 7) is 3.79. The van der Waals surface area contributed by atoms with Gasteiger partial charge in [0.05, 0.1) is 10.6 Å². The van der Waals surface area contributed by atoms with Crippen LogP contribution >= 0.6 is 11.8 Å². The second-order valence-corrected chi connectivity index (χ2v) is 6.08. The molecule has 2 aromatic rings. The number of benzene rings is 1. The number of furan rings is 1. The van der Waals surface area contributed by atoms with Crippen molar-refractivity contribution < 1.29 is 9.21 Å². The van der Waals surface area contributed by atoms with Crippen molar-refractivity contribution in [3.05, 3.63) is 58.4 Å². The number of carbonyl (C=O) groups excluding carboxylic acids is 1. The highest BCUT2D eigenvalue weighted by Crippen LogP contribution is 2.33. The first-order valence-corrected chi connectivity index (χ1v) is 7.74. The van der Waals surface area contributed by atoms with E-state index in [4.69, 9.17) is 4.42 Å². The second-order valence-electron chi connectivity index (χ2n) is 5.07. The van der Waals surface area contributed by atoms with Crippen LogP contribution in [0.3, 0.4) is 0 Å². The SMILES string of the molecule is Cc1cc(/C=C2\SC(=Nc3ccccc3)N(C)C2=O)c(C)o1. The molecule has 112 valence electrons. The summed E-state index contributed by atoms with van der Waals surface area (Å²) in [5.74, 6) is 1.61. The average Bonchev–Trinajstić information content (AvgIpc) is 2.95. The minimum Gasteiger partial charge on any atom is -0.466 e. The van der Waals surface area contributed by atoms with E-state index in [1.54, 1.807) is 11.9 Å². The van der Waals surface area contributed by atoms with Crippen molar-refractivity contribution in [2.24, 2.45) is 4.99 Å². The van der Waals surface area contributed by atoms with E-state index in [1.807, 2.05) is 56.3 Å². The van der Waals surface area contributed by atoms with E-state index < -0.39 is 0 Å². The summed E-state index contributed by atoms with van der Waals surface area (Å²) < 4.78 is 5.50. The number of carbonyl (C=O) groups is 1. The summed E-state index contributed by atoms with van der Waals surface area (Å²) in [7, 11) is 1.74. The first-order valence-electron chi connectivity index (χ1n) is 6.93. The molecule has 1 amide bonds. The number of hydrogen-bond donors (Lipinski definition) is 0. The Morgan fingerprint density at radius 2 is 1.95 bits per heavy atom. The maximum absolute atomic E-state index is 12.4. The molecule has 0 unspecified atom stereocenters. The predicted octanol–water partition coefficient (Wildman–Crippen LogP) is 4.13. The number of nitrogens with zero attached hydrogens (tertiary/aromatic N) is 2. The standard InChI is InChI=1S/C17H16N2O2S/c1-11-9-13(12(2)21-11)10-15-16(20)19(3)17(22-15)18-14-7-5-4-6-8-14/h4-10H,1-3H3/b15-10-,18-17?. The summed E-state index contributed by atoms with van der Waals surface area (Å²) in [5.41, 5.74) is 1.77. The molecule has 2 heterocycles. The third-order valence-electron chi connectivity index (χ3n) is 3.35. The zero-order valence-corrected chi connectivity index (χ0v) is 13.5. The molecule has 1 fully saturated rings. The number of hydrogen-bond acceptors (Lipinski definition) is 4. The van der Waals surface area contributed by atoms with Crippen LogP contribution in [0.15, 0.2) is 50.7 Å². The van der Waals surface area contributed by atoms with Crippen molar-refractivity contribution in [2.45, 2.75) is 13.8 Å². The summed E-state index contributed by atoms with van der Waals surface area (Å²) in [6.07, 6.45) is 1.86. The molecule has 5 heteroatoms. The van der Waals surface area contributed by atoms with Gasteiger partial charge in [-0.15, -0.1) is 0 Å². The number of rotatable bonds is 2. The highest BCUT2D eigenvalue weighted by atomic mass is 32.2. The van der Waals surface area contributed by atoms with Crippen molar-refractivity contribution in [1.82, 2.24) is 4.90 Å². The van der Waals surface area contributed by atoms with Crippen LogP contribution in [-0.4, -0.2) is 23.0 Å². The Balaban J connectivity index is 1.92. The number of aliphatic imine (C=N–C) groups is 1. The van der Waals surface area contributed by atoms with Crippen molar-refractivity contribution in [2.75, 3.05) is 7.05 Å². The minimum atomic E-state index is -0.0436. The summed E-state index contributed by atoms with van der Waals surface area (Å²) in [5, 5.41) is 0.681. The zero-order valence-electron chi connectivity index (χ0n) is 12.7. The van der Waals surface area contributed by atoms with Gasteiger partial charge in [0.2, 0.25) is 0 Å². The maximum Gasteiger partial charge on any atom is 0.266 e. The number of aryl methyl sites for hydroxylation is 2. The molecule has 0 bridgehead atoms. The van der Waals surface area contributed by atoms with Crippen LogP contribution in [0.5, 0.6) is 0 Å². The first kappa shape index (κ1) is 14.7. The molecule has 1 aliphatic heterocycles. The van der Waals surface area contributed by atoms with Gasteiger partial charge in [-0.05, 0) is 49.9 Å². The molecule has 1 aliphatic rings. The fourth-order valence-corrected chi connectivity index (χ4v) is 3.18. The molecule has 22 heavy (non-hydrogen) atoms. The van der Waals surface area contributed by atoms with Gasteiger partial charge in [-0.3, -0.25) is 9.69 Å². The summed E-state index contributed by atoms with van der Waals surface area (Å²) >= 11 is 1.38. The lowest BCUT2D eigenvalue weighted by molar-refractivity contribution is -0.121. The predicted molar refractivity (Wildman–Crippen MR) is 90.1 cm³/mol. The van der Waals surface area contributed by atoms with E-state index in [0.717, 1.165) is 22.8 Å². The van der Waals surface area contributed by atoms with Crippen molar-refractivity contribution in [1.29, 1.82) is 0 Å². The van der Waals surface area contributed by atoms with Crippen molar-refractivity contribution >= 4 is 34.6 Å². The van der Waals surface area contributed by atoms with Gasteiger partial charge in [-0.1, -0.05) is 18.2 Å². The number of amidine groups is 1. The number of thioether (sulfide) groups is 1. The lowest BCUT2D eigenvalue weighted by Gasteiger charge is -2.06. The van der Waals surface area contributed by atoms with Gasteiger partial charge in [0, 0.05) is 12.6 Å². The van der Waals surface area contributed by atoms with Crippen LogP contribution in [0.4, 0.5) is 5.69 Å². The third-order valence-corrected chi connectivity index (χ3v) is 4.41. The average molecular weight is 312 g/mol. The number of likely N-dealkylation sites (N-methyl/N-ethyl adjacent to an activating group) is 1. The molecule has 0 radical (unpaired) electrons. The van der Waals surface area contributed by atoms with Gasteiger partial charge < -0.3 is 4.42 Å². The lowest BCUT2D eigenvalue weighted by atomic mass is 10.2. The van der Waals surface area contributed by atoms with E-state index >= 15 is 0 Å². The number of para-hydroxylation sites is 1. The lowest BCUT2D eigenvalue weighted by Crippen LogP contribution is -2.23. The molecule has 1 aromatic carbocycles. The highest BCUT2D eigenvalue weighted by Gasteiger charge is 2.30. The highest BCUT2D eigenvalue weighted by molar-refractivity contribution is 8.18. The topological polar surface area (TPSA) is 45.8 Å². The first-order chi connectivity index (χ1) is 10.5. The van der Waals surface area contributed by atoms with Crippen LogP contribution in [0.1, 0.15) is 17.1 Å². The largest absolute Gasteiger partial charge is 0.466 e. The van der Waals surface area contributed by atoms with Gasteiger partial charge in [0.15, 0.2) is 5.17 Å². The molecule has 0 spiro atoms. The molecule has 0 atom stereocenters. The third kappa shape index (κ3) is 2.85. The van der Waals surface area contributed by atoms with Gasteiger partial charge in [-0.2, -0.15) is 0 Å². The van der Waals surface area contributed by atoms with E-state index in [0.29, 0.717) is 10.1 Å². The fraction of sp³-hybridized carbons (Fsp3) is 0.176. The molecule has 4 nitrogen and oxygen atoms in total. The Bertz CT molecular complexity index is 775.